The van der Waals surface area contributed by atoms with E-state index in [0.29, 0.717) is 43.8 Å². The molecule has 0 unspecified atom stereocenters. The first-order valence-electron chi connectivity index (χ1n) is 9.58. The summed E-state index contributed by atoms with van der Waals surface area (Å²) in [7, 11) is 3.08. The molecule has 172 valence electrons. The van der Waals surface area contributed by atoms with E-state index in [1.807, 2.05) is 0 Å². The van der Waals surface area contributed by atoms with Crippen molar-refractivity contribution in [3.05, 3.63) is 45.7 Å². The van der Waals surface area contributed by atoms with Crippen LogP contribution in [0.3, 0.4) is 0 Å². The quantitative estimate of drug-likeness (QED) is 0.514. The average Bonchev–Trinajstić information content (AvgIpc) is 3.09. The van der Waals surface area contributed by atoms with Gasteiger partial charge in [0.1, 0.15) is 16.5 Å². The Morgan fingerprint density at radius 3 is 2.72 bits per heavy atom. The molecule has 2 aromatic rings. The molecule has 3 heterocycles. The molecule has 0 bridgehead atoms. The smallest absolute Gasteiger partial charge is 0.322 e. The van der Waals surface area contributed by atoms with E-state index in [9.17, 15) is 18.4 Å². The molecule has 1 aromatic heterocycles. The molecule has 0 fully saturated rings. The van der Waals surface area contributed by atoms with E-state index >= 15 is 0 Å². The molecule has 32 heavy (non-hydrogen) atoms. The van der Waals surface area contributed by atoms with Crippen molar-refractivity contribution in [2.75, 3.05) is 32.6 Å². The molecule has 1 aromatic carbocycles. The van der Waals surface area contributed by atoms with Crippen LogP contribution in [0.15, 0.2) is 12.1 Å². The second-order valence-electron chi connectivity index (χ2n) is 6.86. The van der Waals surface area contributed by atoms with Gasteiger partial charge in [0, 0.05) is 32.6 Å². The van der Waals surface area contributed by atoms with Crippen molar-refractivity contribution >= 4 is 35.6 Å². The highest BCUT2D eigenvalue weighted by Crippen LogP contribution is 2.28. The summed E-state index contributed by atoms with van der Waals surface area (Å²) in [5.74, 6) is -2.29. The first kappa shape index (κ1) is 23.4. The minimum Gasteiger partial charge on any atom is -0.362 e. The number of aromatic nitrogens is 2. The molecule has 0 saturated carbocycles. The van der Waals surface area contributed by atoms with Crippen molar-refractivity contribution in [3.63, 3.8) is 0 Å². The Bertz CT molecular complexity index is 1050. The molecule has 0 atom stereocenters. The van der Waals surface area contributed by atoms with Crippen LogP contribution in [-0.2, 0) is 29.1 Å². The van der Waals surface area contributed by atoms with Crippen molar-refractivity contribution in [1.82, 2.24) is 25.1 Å². The summed E-state index contributed by atoms with van der Waals surface area (Å²) in [6.07, 6.45) is 1.08. The van der Waals surface area contributed by atoms with Gasteiger partial charge in [0.2, 0.25) is 6.41 Å². The fourth-order valence-electron chi connectivity index (χ4n) is 3.29. The fraction of sp³-hybridized carbons (Fsp3) is 0.368. The third kappa shape index (κ3) is 4.65. The van der Waals surface area contributed by atoms with Crippen molar-refractivity contribution in [1.29, 1.82) is 0 Å². The minimum atomic E-state index is -1.04. The van der Waals surface area contributed by atoms with Gasteiger partial charge in [-0.15, -0.1) is 0 Å². The number of rotatable bonds is 2. The van der Waals surface area contributed by atoms with E-state index in [0.717, 1.165) is 22.9 Å². The third-order valence-electron chi connectivity index (χ3n) is 4.86. The second-order valence-corrected chi connectivity index (χ2v) is 7.24. The largest absolute Gasteiger partial charge is 0.362 e. The molecule has 2 N–H and O–H groups in total. The predicted molar refractivity (Wildman–Crippen MR) is 110 cm³/mol. The number of nitrogens with one attached hydrogen (secondary N) is 2. The third-order valence-corrected chi connectivity index (χ3v) is 5.21. The van der Waals surface area contributed by atoms with Crippen LogP contribution in [0.4, 0.5) is 19.3 Å². The first-order valence-corrected chi connectivity index (χ1v) is 9.96. The van der Waals surface area contributed by atoms with Gasteiger partial charge in [-0.2, -0.15) is 5.10 Å². The highest BCUT2D eigenvalue weighted by atomic mass is 35.5. The molecule has 2 aliphatic heterocycles. The van der Waals surface area contributed by atoms with Gasteiger partial charge in [-0.3, -0.25) is 19.1 Å². The maximum atomic E-state index is 14.1. The van der Waals surface area contributed by atoms with E-state index in [1.54, 1.807) is 11.7 Å². The number of benzene rings is 1. The number of hydrogen-bond acceptors (Lipinski definition) is 5. The Morgan fingerprint density at radius 2 is 2.03 bits per heavy atom. The number of carbonyl (C=O) groups excluding carboxylic acids is 3. The van der Waals surface area contributed by atoms with Crippen LogP contribution < -0.4 is 10.6 Å². The van der Waals surface area contributed by atoms with Crippen LogP contribution in [0.2, 0.25) is 5.02 Å². The Balaban J connectivity index is 0.000000668. The normalized spacial score (nSPS) is 15.1. The number of nitrogens with zero attached hydrogens (tertiary/aromatic N) is 4. The maximum Gasteiger partial charge on any atom is 0.322 e. The molecular formula is C19H21ClF2N6O4. The zero-order chi connectivity index (χ0) is 23.4. The molecule has 10 nitrogen and oxygen atoms in total. The standard InChI is InChI=1S/C17H16ClF2N5O3.C2H5NO/c1-23-16(26)15-9-8-24(5-4-11(9)22-25(15)6-7-28-23)17(27)21-12-3-2-10(19)13(18)14(12)20;1-3-2-4/h2-3H,4-8H2,1H3,(H,21,27);2H,1H3,(H,3,4). The summed E-state index contributed by atoms with van der Waals surface area (Å²) in [5.41, 5.74) is 1.55. The lowest BCUT2D eigenvalue weighted by molar-refractivity contribution is -0.109. The number of fused-ring (bicyclic) bond motifs is 3. The van der Waals surface area contributed by atoms with Crippen molar-refractivity contribution in [2.24, 2.45) is 0 Å². The van der Waals surface area contributed by atoms with Gasteiger partial charge < -0.3 is 15.5 Å². The van der Waals surface area contributed by atoms with E-state index < -0.39 is 22.7 Å². The summed E-state index contributed by atoms with van der Waals surface area (Å²) in [6, 6.07) is 1.49. The molecule has 0 aliphatic carbocycles. The van der Waals surface area contributed by atoms with Crippen LogP contribution in [0.1, 0.15) is 21.7 Å². The topological polar surface area (TPSA) is 109 Å². The summed E-state index contributed by atoms with van der Waals surface area (Å²) in [6.45, 7) is 1.20. The van der Waals surface area contributed by atoms with Crippen molar-refractivity contribution in [3.8, 4) is 0 Å². The van der Waals surface area contributed by atoms with Crippen LogP contribution in [0, 0.1) is 11.6 Å². The molecule has 4 amide bonds. The monoisotopic (exact) mass is 470 g/mol. The first-order chi connectivity index (χ1) is 15.3. The summed E-state index contributed by atoms with van der Waals surface area (Å²) in [4.78, 5) is 40.9. The second kappa shape index (κ2) is 9.92. The maximum absolute atomic E-state index is 14.1. The minimum absolute atomic E-state index is 0.132. The lowest BCUT2D eigenvalue weighted by atomic mass is 10.1. The number of urea groups is 1. The van der Waals surface area contributed by atoms with Gasteiger partial charge in [-0.25, -0.2) is 18.6 Å². The summed E-state index contributed by atoms with van der Waals surface area (Å²) < 4.78 is 28.9. The lowest BCUT2D eigenvalue weighted by Gasteiger charge is -2.27. The zero-order valence-corrected chi connectivity index (χ0v) is 18.1. The van der Waals surface area contributed by atoms with Gasteiger partial charge in [0.05, 0.1) is 31.1 Å². The molecule has 13 heteroatoms. The number of carbonyl (C=O) groups is 3. The summed E-state index contributed by atoms with van der Waals surface area (Å²) in [5, 5.41) is 9.57. The van der Waals surface area contributed by atoms with Gasteiger partial charge in [0.25, 0.3) is 5.91 Å². The van der Waals surface area contributed by atoms with Crippen molar-refractivity contribution < 1.29 is 28.0 Å². The Hall–Kier alpha value is -3.25. The number of amides is 4. The molecular weight excluding hydrogens is 450 g/mol. The molecule has 0 radical (unpaired) electrons. The Labute approximate surface area is 187 Å². The lowest BCUT2D eigenvalue weighted by Crippen LogP contribution is -2.39. The van der Waals surface area contributed by atoms with Gasteiger partial charge in [-0.05, 0) is 12.1 Å². The average molecular weight is 471 g/mol. The molecule has 0 saturated heterocycles. The molecule has 2 aliphatic rings. The number of hydrogen-bond donors (Lipinski definition) is 2. The van der Waals surface area contributed by atoms with Crippen LogP contribution in [0.5, 0.6) is 0 Å². The number of hydroxylamine groups is 2. The highest BCUT2D eigenvalue weighted by Gasteiger charge is 2.33. The number of halogens is 3. The van der Waals surface area contributed by atoms with E-state index in [2.05, 4.69) is 15.7 Å². The van der Waals surface area contributed by atoms with Gasteiger partial charge in [-0.1, -0.05) is 11.6 Å². The fourth-order valence-corrected chi connectivity index (χ4v) is 3.45. The van der Waals surface area contributed by atoms with Crippen LogP contribution in [-0.4, -0.2) is 65.3 Å². The Kier molecular flexibility index (Phi) is 7.26. The SMILES string of the molecule is CN1OCCn2nc3c(c2C1=O)CN(C(=O)Nc1ccc(F)c(Cl)c1F)CC3.CNC=O. The number of anilines is 1. The van der Waals surface area contributed by atoms with E-state index in [4.69, 9.17) is 21.2 Å². The Morgan fingerprint density at radius 1 is 1.31 bits per heavy atom. The van der Waals surface area contributed by atoms with Crippen molar-refractivity contribution in [2.45, 2.75) is 19.5 Å². The zero-order valence-electron chi connectivity index (χ0n) is 17.3. The summed E-state index contributed by atoms with van der Waals surface area (Å²) >= 11 is 5.55. The molecule has 0 spiro atoms. The van der Waals surface area contributed by atoms with Crippen LogP contribution >= 0.6 is 11.6 Å². The highest BCUT2D eigenvalue weighted by molar-refractivity contribution is 6.31. The van der Waals surface area contributed by atoms with E-state index in [1.165, 1.54) is 11.9 Å². The molecule has 4 rings (SSSR count). The van der Waals surface area contributed by atoms with E-state index in [-0.39, 0.29) is 18.1 Å². The van der Waals surface area contributed by atoms with Gasteiger partial charge >= 0.3 is 6.03 Å². The predicted octanol–water partition coefficient (Wildman–Crippen LogP) is 1.78. The van der Waals surface area contributed by atoms with Gasteiger partial charge in [0.15, 0.2) is 5.82 Å². The van der Waals surface area contributed by atoms with Crippen LogP contribution in [0.25, 0.3) is 0 Å².